The molecule has 5 rings (SSSR count). The third-order valence-corrected chi connectivity index (χ3v) is 8.67. The van der Waals surface area contributed by atoms with Gasteiger partial charge in [-0.05, 0) is 101 Å². The monoisotopic (exact) mass is 698 g/mol. The Morgan fingerprint density at radius 2 is 1.40 bits per heavy atom. The number of hydrogen-bond donors (Lipinski definition) is 1. The summed E-state index contributed by atoms with van der Waals surface area (Å²) in [6, 6.07) is 26.6. The van der Waals surface area contributed by atoms with Crippen LogP contribution >= 0.6 is 11.6 Å². The first-order valence-electron chi connectivity index (χ1n) is 16.7. The number of amides is 3. The number of carbonyl (C=O) groups is 3. The van der Waals surface area contributed by atoms with Gasteiger partial charge in [0.05, 0.1) is 13.2 Å². The lowest BCUT2D eigenvalue weighted by Gasteiger charge is -2.37. The first kappa shape index (κ1) is 36.3. The van der Waals surface area contributed by atoms with Gasteiger partial charge < -0.3 is 19.3 Å². The lowest BCUT2D eigenvalue weighted by atomic mass is 9.87. The van der Waals surface area contributed by atoms with E-state index in [1.54, 1.807) is 36.4 Å². The van der Waals surface area contributed by atoms with Gasteiger partial charge in [-0.15, -0.1) is 0 Å². The molecule has 0 unspecified atom stereocenters. The number of imide groups is 1. The van der Waals surface area contributed by atoms with Crippen molar-refractivity contribution >= 4 is 29.7 Å². The molecular weight excluding hydrogens is 656 g/mol. The number of fused-ring (bicyclic) bond motifs is 1. The summed E-state index contributed by atoms with van der Waals surface area (Å²) < 4.78 is 17.5. The van der Waals surface area contributed by atoms with Crippen molar-refractivity contribution in [2.24, 2.45) is 5.92 Å². The molecule has 0 aliphatic carbocycles. The van der Waals surface area contributed by atoms with Gasteiger partial charge in [-0.1, -0.05) is 76.6 Å². The topological polar surface area (TPSA) is 106 Å². The Hall–Kier alpha value is -5.02. The Bertz CT molecular complexity index is 1800. The molecule has 1 heterocycles. The summed E-state index contributed by atoms with van der Waals surface area (Å²) in [6.07, 6.45) is -1.65. The first-order valence-corrected chi connectivity index (χ1v) is 17.0. The number of carboxylic acid groups (broad SMARTS) is 1. The quantitative estimate of drug-likeness (QED) is 0.176. The van der Waals surface area contributed by atoms with E-state index in [0.29, 0.717) is 28.0 Å². The molecule has 1 atom stereocenters. The SMILES string of the molecule is CC(C)COC(=O)N1Cc2cc(Oc3ccc(C(C)(C)C)cc3)ccc2C[C@H]1C(=O)N(CCc1ccc(Oc2ccc(Cl)cc2)cc1)C(=O)O. The lowest BCUT2D eigenvalue weighted by Crippen LogP contribution is -2.55. The van der Waals surface area contributed by atoms with E-state index in [2.05, 4.69) is 20.8 Å². The van der Waals surface area contributed by atoms with E-state index < -0.39 is 24.1 Å². The molecule has 3 amide bonds. The van der Waals surface area contributed by atoms with Crippen molar-refractivity contribution in [2.75, 3.05) is 13.2 Å². The number of nitrogens with zero attached hydrogens (tertiary/aromatic N) is 2. The molecule has 1 aliphatic heterocycles. The van der Waals surface area contributed by atoms with Crippen LogP contribution < -0.4 is 9.47 Å². The third-order valence-electron chi connectivity index (χ3n) is 8.42. The minimum absolute atomic E-state index is 0.0160. The van der Waals surface area contributed by atoms with Crippen LogP contribution in [0, 0.1) is 5.92 Å². The summed E-state index contributed by atoms with van der Waals surface area (Å²) in [7, 11) is 0. The van der Waals surface area contributed by atoms with Crippen molar-refractivity contribution in [3.63, 3.8) is 0 Å². The first-order chi connectivity index (χ1) is 23.8. The summed E-state index contributed by atoms with van der Waals surface area (Å²) in [5, 5.41) is 10.7. The fourth-order valence-electron chi connectivity index (χ4n) is 5.60. The van der Waals surface area contributed by atoms with Gasteiger partial charge in [0.1, 0.15) is 29.0 Å². The van der Waals surface area contributed by atoms with Crippen molar-refractivity contribution < 1.29 is 33.7 Å². The Morgan fingerprint density at radius 3 is 1.98 bits per heavy atom. The van der Waals surface area contributed by atoms with Crippen LogP contribution in [0.1, 0.15) is 56.9 Å². The Balaban J connectivity index is 1.31. The van der Waals surface area contributed by atoms with Crippen molar-refractivity contribution in [3.8, 4) is 23.0 Å². The summed E-state index contributed by atoms with van der Waals surface area (Å²) in [6.45, 7) is 10.4. The van der Waals surface area contributed by atoms with Gasteiger partial charge in [0.15, 0.2) is 0 Å². The maximum Gasteiger partial charge on any atom is 0.414 e. The molecule has 1 aliphatic rings. The van der Waals surface area contributed by atoms with Crippen LogP contribution in [0.2, 0.25) is 5.02 Å². The highest BCUT2D eigenvalue weighted by atomic mass is 35.5. The summed E-state index contributed by atoms with van der Waals surface area (Å²) >= 11 is 5.95. The van der Waals surface area contributed by atoms with Crippen molar-refractivity contribution in [3.05, 3.63) is 118 Å². The smallest absolute Gasteiger partial charge is 0.414 e. The summed E-state index contributed by atoms with van der Waals surface area (Å²) in [5.41, 5.74) is 3.64. The van der Waals surface area contributed by atoms with Crippen molar-refractivity contribution in [1.29, 1.82) is 0 Å². The van der Waals surface area contributed by atoms with Gasteiger partial charge in [-0.2, -0.15) is 0 Å². The number of hydrogen-bond acceptors (Lipinski definition) is 6. The molecule has 0 fully saturated rings. The van der Waals surface area contributed by atoms with Crippen LogP contribution in [0.4, 0.5) is 9.59 Å². The second-order valence-corrected chi connectivity index (χ2v) is 14.3. The second-order valence-electron chi connectivity index (χ2n) is 13.8. The summed E-state index contributed by atoms with van der Waals surface area (Å²) in [5.74, 6) is 1.88. The van der Waals surface area contributed by atoms with Crippen LogP contribution in [0.25, 0.3) is 0 Å². The lowest BCUT2D eigenvalue weighted by molar-refractivity contribution is -0.135. The highest BCUT2D eigenvalue weighted by molar-refractivity contribution is 6.30. The zero-order valence-corrected chi connectivity index (χ0v) is 29.8. The number of rotatable bonds is 10. The Labute approximate surface area is 298 Å². The average Bonchev–Trinajstić information content (AvgIpc) is 3.08. The van der Waals surface area contributed by atoms with Gasteiger partial charge in [0, 0.05) is 18.0 Å². The fraction of sp³-hybridized carbons (Fsp3) is 0.325. The van der Waals surface area contributed by atoms with Crippen molar-refractivity contribution in [1.82, 2.24) is 9.80 Å². The van der Waals surface area contributed by atoms with Crippen LogP contribution in [0.5, 0.6) is 23.0 Å². The molecule has 4 aromatic rings. The van der Waals surface area contributed by atoms with E-state index in [1.165, 1.54) is 10.5 Å². The van der Waals surface area contributed by atoms with Crippen LogP contribution in [-0.4, -0.2) is 52.2 Å². The average molecular weight is 699 g/mol. The molecule has 0 saturated carbocycles. The van der Waals surface area contributed by atoms with Gasteiger partial charge in [0.2, 0.25) is 0 Å². The molecule has 0 spiro atoms. The molecule has 0 aromatic heterocycles. The standard InChI is InChI=1S/C40H43ClN2O7/c1-26(2)25-48-39(47)43-24-29-22-35(50-33-16-9-30(10-17-33)40(3,4)5)15-8-28(29)23-36(43)37(44)42(38(45)46)21-20-27-6-13-32(14-7-27)49-34-18-11-31(41)12-19-34/h6-19,22,26,36H,20-21,23-25H2,1-5H3,(H,45,46)/t36-/m0/s1. The van der Waals surface area contributed by atoms with E-state index in [0.717, 1.165) is 21.6 Å². The van der Waals surface area contributed by atoms with E-state index in [4.69, 9.17) is 25.8 Å². The van der Waals surface area contributed by atoms with Gasteiger partial charge in [-0.25, -0.2) is 14.5 Å². The third kappa shape index (κ3) is 9.36. The molecule has 1 N–H and O–H groups in total. The van der Waals surface area contributed by atoms with E-state index in [-0.39, 0.29) is 43.9 Å². The molecule has 0 bridgehead atoms. The second kappa shape index (κ2) is 15.7. The fourth-order valence-corrected chi connectivity index (χ4v) is 5.73. The predicted molar refractivity (Wildman–Crippen MR) is 192 cm³/mol. The van der Waals surface area contributed by atoms with Gasteiger partial charge in [0.25, 0.3) is 5.91 Å². The number of halogens is 1. The minimum atomic E-state index is -1.39. The zero-order chi connectivity index (χ0) is 36.0. The maximum absolute atomic E-state index is 14.0. The highest BCUT2D eigenvalue weighted by Gasteiger charge is 2.39. The van der Waals surface area contributed by atoms with Crippen molar-refractivity contribution in [2.45, 2.75) is 65.5 Å². The van der Waals surface area contributed by atoms with Gasteiger partial charge >= 0.3 is 12.2 Å². The molecular formula is C40H43ClN2O7. The minimum Gasteiger partial charge on any atom is -0.465 e. The van der Waals surface area contributed by atoms with Crippen LogP contribution in [-0.2, 0) is 34.3 Å². The molecule has 4 aromatic carbocycles. The largest absolute Gasteiger partial charge is 0.465 e. The molecule has 10 heteroatoms. The Morgan fingerprint density at radius 1 is 0.840 bits per heavy atom. The number of benzene rings is 4. The van der Waals surface area contributed by atoms with Gasteiger partial charge in [-0.3, -0.25) is 9.69 Å². The predicted octanol–water partition coefficient (Wildman–Crippen LogP) is 9.49. The number of ether oxygens (including phenoxy) is 3. The van der Waals surface area contributed by atoms with E-state index in [1.807, 2.05) is 68.4 Å². The van der Waals surface area contributed by atoms with Crippen LogP contribution in [0.15, 0.2) is 91.0 Å². The van der Waals surface area contributed by atoms with E-state index >= 15 is 0 Å². The molecule has 50 heavy (non-hydrogen) atoms. The highest BCUT2D eigenvalue weighted by Crippen LogP contribution is 2.32. The molecule has 0 saturated heterocycles. The summed E-state index contributed by atoms with van der Waals surface area (Å²) in [4.78, 5) is 41.9. The molecule has 262 valence electrons. The number of carbonyl (C=O) groups excluding carboxylic acids is 2. The Kier molecular flexibility index (Phi) is 11.4. The molecule has 0 radical (unpaired) electrons. The normalized spacial score (nSPS) is 14.1. The van der Waals surface area contributed by atoms with Crippen LogP contribution in [0.3, 0.4) is 0 Å². The molecule has 9 nitrogen and oxygen atoms in total. The zero-order valence-electron chi connectivity index (χ0n) is 29.0. The van der Waals surface area contributed by atoms with E-state index in [9.17, 15) is 19.5 Å². The maximum atomic E-state index is 14.0.